The van der Waals surface area contributed by atoms with Gasteiger partial charge in [0.1, 0.15) is 5.82 Å². The van der Waals surface area contributed by atoms with Gasteiger partial charge in [-0.15, -0.1) is 6.58 Å². The number of nitrogens with one attached hydrogen (secondary N) is 1. The van der Waals surface area contributed by atoms with Gasteiger partial charge in [-0.3, -0.25) is 0 Å². The van der Waals surface area contributed by atoms with Gasteiger partial charge in [0.2, 0.25) is 0 Å². The largest absolute Gasteiger partial charge is 0.338 e. The van der Waals surface area contributed by atoms with Crippen LogP contribution in [0, 0.1) is 0 Å². The maximum Gasteiger partial charge on any atom is 0.317 e. The summed E-state index contributed by atoms with van der Waals surface area (Å²) in [4.78, 5) is 18.8. The second-order valence-electron chi connectivity index (χ2n) is 6.59. The predicted molar refractivity (Wildman–Crippen MR) is 112 cm³/mol. The highest BCUT2D eigenvalue weighted by Gasteiger charge is 2.12. The van der Waals surface area contributed by atoms with E-state index in [4.69, 9.17) is 0 Å². The second kappa shape index (κ2) is 10.1. The highest BCUT2D eigenvalue weighted by Crippen LogP contribution is 2.07. The van der Waals surface area contributed by atoms with E-state index in [2.05, 4.69) is 33.6 Å². The summed E-state index contributed by atoms with van der Waals surface area (Å²) in [5, 5.41) is 3.00. The third-order valence-corrected chi connectivity index (χ3v) is 4.48. The zero-order valence-electron chi connectivity index (χ0n) is 16.0. The molecule has 0 atom stereocenters. The van der Waals surface area contributed by atoms with E-state index in [0.717, 1.165) is 17.9 Å². The maximum absolute atomic E-state index is 12.6. The average molecular weight is 374 g/mol. The molecule has 0 saturated heterocycles. The molecule has 1 N–H and O–H groups in total. The molecule has 1 aromatic heterocycles. The van der Waals surface area contributed by atoms with Crippen molar-refractivity contribution in [1.82, 2.24) is 19.8 Å². The Morgan fingerprint density at radius 3 is 2.43 bits per heavy atom. The van der Waals surface area contributed by atoms with E-state index < -0.39 is 0 Å². The molecule has 0 aliphatic heterocycles. The minimum absolute atomic E-state index is 0.0927. The predicted octanol–water partition coefficient (Wildman–Crippen LogP) is 3.87. The van der Waals surface area contributed by atoms with Crippen LogP contribution in [0.25, 0.3) is 0 Å². The first-order valence-electron chi connectivity index (χ1n) is 9.48. The van der Waals surface area contributed by atoms with Gasteiger partial charge in [-0.2, -0.15) is 0 Å². The van der Waals surface area contributed by atoms with Gasteiger partial charge in [-0.25, -0.2) is 9.78 Å². The fraction of sp³-hybridized carbons (Fsp3) is 0.217. The molecular formula is C23H26N4O. The van der Waals surface area contributed by atoms with Crippen LogP contribution in [0.2, 0.25) is 0 Å². The molecule has 3 rings (SSSR count). The highest BCUT2D eigenvalue weighted by molar-refractivity contribution is 5.74. The number of carbonyl (C=O) groups excluding carboxylic acids is 1. The molecule has 2 amide bonds. The second-order valence-corrected chi connectivity index (χ2v) is 6.59. The van der Waals surface area contributed by atoms with Crippen LogP contribution in [0.4, 0.5) is 4.79 Å². The van der Waals surface area contributed by atoms with E-state index in [1.54, 1.807) is 17.2 Å². The molecular weight excluding hydrogens is 348 g/mol. The van der Waals surface area contributed by atoms with Crippen LogP contribution in [0.15, 0.2) is 85.7 Å². The summed E-state index contributed by atoms with van der Waals surface area (Å²) < 4.78 is 2.12. The van der Waals surface area contributed by atoms with Gasteiger partial charge in [0, 0.05) is 45.0 Å². The van der Waals surface area contributed by atoms with Gasteiger partial charge in [0.25, 0.3) is 0 Å². The van der Waals surface area contributed by atoms with E-state index in [0.29, 0.717) is 26.1 Å². The zero-order chi connectivity index (χ0) is 19.6. The lowest BCUT2D eigenvalue weighted by molar-refractivity contribution is 0.201. The van der Waals surface area contributed by atoms with Gasteiger partial charge in [-0.05, 0) is 11.1 Å². The van der Waals surface area contributed by atoms with Crippen molar-refractivity contribution in [2.75, 3.05) is 13.1 Å². The van der Waals surface area contributed by atoms with Crippen molar-refractivity contribution in [3.05, 3.63) is 103 Å². The Morgan fingerprint density at radius 2 is 1.75 bits per heavy atom. The Balaban J connectivity index is 1.53. The topological polar surface area (TPSA) is 50.2 Å². The molecule has 1 heterocycles. The fourth-order valence-corrected chi connectivity index (χ4v) is 3.06. The smallest absolute Gasteiger partial charge is 0.317 e. The van der Waals surface area contributed by atoms with Crippen LogP contribution in [0.1, 0.15) is 17.0 Å². The fourth-order valence-electron chi connectivity index (χ4n) is 3.06. The first-order valence-corrected chi connectivity index (χ1v) is 9.48. The number of aromatic nitrogens is 2. The van der Waals surface area contributed by atoms with E-state index in [-0.39, 0.29) is 6.03 Å². The Labute approximate surface area is 166 Å². The van der Waals surface area contributed by atoms with E-state index in [1.807, 2.05) is 54.7 Å². The van der Waals surface area contributed by atoms with E-state index >= 15 is 0 Å². The molecule has 144 valence electrons. The Bertz CT molecular complexity index is 874. The van der Waals surface area contributed by atoms with E-state index in [1.165, 1.54) is 5.56 Å². The minimum atomic E-state index is -0.0927. The Hall–Kier alpha value is -3.34. The molecule has 28 heavy (non-hydrogen) atoms. The van der Waals surface area contributed by atoms with Gasteiger partial charge in [0.05, 0.1) is 0 Å². The van der Waals surface area contributed by atoms with Crippen LogP contribution in [0.5, 0.6) is 0 Å². The molecule has 0 saturated carbocycles. The number of rotatable bonds is 9. The molecule has 0 bridgehead atoms. The Kier molecular flexibility index (Phi) is 7.01. The number of hydrogen-bond acceptors (Lipinski definition) is 2. The van der Waals surface area contributed by atoms with Crippen molar-refractivity contribution in [3.8, 4) is 0 Å². The van der Waals surface area contributed by atoms with Gasteiger partial charge in [-0.1, -0.05) is 66.7 Å². The number of carbonyl (C=O) groups is 1. The summed E-state index contributed by atoms with van der Waals surface area (Å²) in [6.45, 7) is 6.14. The van der Waals surface area contributed by atoms with Crippen LogP contribution >= 0.6 is 0 Å². The van der Waals surface area contributed by atoms with E-state index in [9.17, 15) is 4.79 Å². The lowest BCUT2D eigenvalue weighted by atomic mass is 10.2. The first kappa shape index (κ1) is 19.4. The van der Waals surface area contributed by atoms with Crippen molar-refractivity contribution < 1.29 is 4.79 Å². The summed E-state index contributed by atoms with van der Waals surface area (Å²) in [6.07, 6.45) is 6.21. The molecule has 0 spiro atoms. The average Bonchev–Trinajstić information content (AvgIpc) is 3.16. The third-order valence-electron chi connectivity index (χ3n) is 4.48. The molecule has 0 aliphatic rings. The minimum Gasteiger partial charge on any atom is -0.338 e. The quantitative estimate of drug-likeness (QED) is 0.578. The summed E-state index contributed by atoms with van der Waals surface area (Å²) in [5.41, 5.74) is 2.32. The van der Waals surface area contributed by atoms with Crippen LogP contribution in [-0.2, 0) is 19.5 Å². The van der Waals surface area contributed by atoms with Gasteiger partial charge in [0.15, 0.2) is 0 Å². The van der Waals surface area contributed by atoms with Crippen LogP contribution in [-0.4, -0.2) is 33.6 Å². The number of imidazole rings is 1. The summed E-state index contributed by atoms with van der Waals surface area (Å²) >= 11 is 0. The van der Waals surface area contributed by atoms with Crippen molar-refractivity contribution in [3.63, 3.8) is 0 Å². The monoisotopic (exact) mass is 374 g/mol. The molecule has 2 aromatic carbocycles. The molecule has 0 unspecified atom stereocenters. The van der Waals surface area contributed by atoms with Crippen molar-refractivity contribution >= 4 is 6.03 Å². The van der Waals surface area contributed by atoms with Gasteiger partial charge < -0.3 is 14.8 Å². The summed E-state index contributed by atoms with van der Waals surface area (Å²) in [7, 11) is 0. The lowest BCUT2D eigenvalue weighted by Crippen LogP contribution is -2.40. The number of amides is 2. The molecule has 5 heteroatoms. The molecule has 0 fully saturated rings. The van der Waals surface area contributed by atoms with Crippen molar-refractivity contribution in [1.29, 1.82) is 0 Å². The first-order chi connectivity index (χ1) is 13.8. The van der Waals surface area contributed by atoms with Crippen LogP contribution < -0.4 is 5.32 Å². The van der Waals surface area contributed by atoms with Crippen molar-refractivity contribution in [2.24, 2.45) is 0 Å². The summed E-state index contributed by atoms with van der Waals surface area (Å²) in [6, 6.07) is 20.2. The lowest BCUT2D eigenvalue weighted by Gasteiger charge is -2.22. The maximum atomic E-state index is 12.6. The highest BCUT2D eigenvalue weighted by atomic mass is 16.2. The number of urea groups is 1. The van der Waals surface area contributed by atoms with Crippen LogP contribution in [0.3, 0.4) is 0 Å². The SMILES string of the molecule is C=CCN(Cc1ccccc1)C(=O)NCCc1nccn1Cc1ccccc1. The molecule has 0 radical (unpaired) electrons. The van der Waals surface area contributed by atoms with Crippen molar-refractivity contribution in [2.45, 2.75) is 19.5 Å². The number of nitrogens with zero attached hydrogens (tertiary/aromatic N) is 3. The van der Waals surface area contributed by atoms with Gasteiger partial charge >= 0.3 is 6.03 Å². The standard InChI is InChI=1S/C23H26N4O/c1-2-16-27(19-21-11-7-4-8-12-21)23(28)25-14-13-22-24-15-17-26(22)18-20-9-5-3-6-10-20/h2-12,15,17H,1,13-14,16,18-19H2,(H,25,28). The third kappa shape index (κ3) is 5.58. The molecule has 5 nitrogen and oxygen atoms in total. The number of benzene rings is 2. The summed E-state index contributed by atoms with van der Waals surface area (Å²) in [5.74, 6) is 0.961. The molecule has 0 aliphatic carbocycles. The Morgan fingerprint density at radius 1 is 1.07 bits per heavy atom. The number of hydrogen-bond donors (Lipinski definition) is 1. The molecule has 3 aromatic rings. The zero-order valence-corrected chi connectivity index (χ0v) is 16.0. The normalized spacial score (nSPS) is 10.4.